The van der Waals surface area contributed by atoms with Crippen LogP contribution in [0, 0.1) is 0 Å². The summed E-state index contributed by atoms with van der Waals surface area (Å²) in [4.78, 5) is 3.82. The van der Waals surface area contributed by atoms with Crippen molar-refractivity contribution in [2.24, 2.45) is 0 Å². The Hall–Kier alpha value is -0.690. The summed E-state index contributed by atoms with van der Waals surface area (Å²) in [6.07, 6.45) is -2.42. The van der Waals surface area contributed by atoms with E-state index in [4.69, 9.17) is 5.11 Å². The highest BCUT2D eigenvalue weighted by Gasteiger charge is 2.38. The number of aliphatic hydroxyl groups excluding tert-OH is 1. The Morgan fingerprint density at radius 1 is 1.64 bits per heavy atom. The van der Waals surface area contributed by atoms with Crippen LogP contribution in [0.3, 0.4) is 0 Å². The number of aliphatic hydroxyl groups is 1. The highest BCUT2D eigenvalue weighted by molar-refractivity contribution is 7.98. The normalized spacial score (nSPS) is 14.4. The average Bonchev–Trinajstić information content (AvgIpc) is 2.50. The summed E-state index contributed by atoms with van der Waals surface area (Å²) >= 11 is 1.23. The molecule has 1 rings (SSSR count). The van der Waals surface area contributed by atoms with E-state index in [-0.39, 0.29) is 0 Å². The van der Waals surface area contributed by atoms with Crippen molar-refractivity contribution in [3.05, 3.63) is 12.4 Å². The number of thioether (sulfide) groups is 1. The first-order chi connectivity index (χ1) is 6.45. The Bertz CT molecular complexity index is 299. The minimum absolute atomic E-state index is 0.452. The lowest BCUT2D eigenvalue weighted by Crippen LogP contribution is -2.32. The molecule has 0 saturated heterocycles. The van der Waals surface area contributed by atoms with Gasteiger partial charge in [-0.25, -0.2) is 4.98 Å². The maximum absolute atomic E-state index is 12.0. The second-order valence-corrected chi connectivity index (χ2v) is 3.40. The zero-order valence-electron chi connectivity index (χ0n) is 7.32. The minimum atomic E-state index is -4.58. The molecule has 14 heavy (non-hydrogen) atoms. The van der Waals surface area contributed by atoms with E-state index >= 15 is 0 Å². The predicted molar refractivity (Wildman–Crippen MR) is 46.1 cm³/mol. The lowest BCUT2D eigenvalue weighted by atomic mass is 10.3. The SMILES string of the molecule is CSc1nccn1C[C@@H](O)C(F)(F)F. The van der Waals surface area contributed by atoms with Gasteiger partial charge in [-0.3, -0.25) is 0 Å². The molecule has 0 spiro atoms. The summed E-state index contributed by atoms with van der Waals surface area (Å²) in [6, 6.07) is 0. The highest BCUT2D eigenvalue weighted by atomic mass is 32.2. The van der Waals surface area contributed by atoms with Crippen molar-refractivity contribution < 1.29 is 18.3 Å². The molecule has 0 unspecified atom stereocenters. The molecular formula is C7H9F3N2OS. The maximum atomic E-state index is 12.0. The number of nitrogens with zero attached hydrogens (tertiary/aromatic N) is 2. The molecule has 0 amide bonds. The van der Waals surface area contributed by atoms with Gasteiger partial charge in [0.25, 0.3) is 0 Å². The zero-order valence-corrected chi connectivity index (χ0v) is 8.14. The topological polar surface area (TPSA) is 38.0 Å². The first-order valence-corrected chi connectivity index (χ1v) is 4.97. The van der Waals surface area contributed by atoms with Crippen molar-refractivity contribution in [2.75, 3.05) is 6.26 Å². The van der Waals surface area contributed by atoms with Gasteiger partial charge < -0.3 is 9.67 Å². The van der Waals surface area contributed by atoms with E-state index in [0.717, 1.165) is 0 Å². The van der Waals surface area contributed by atoms with Crippen LogP contribution >= 0.6 is 11.8 Å². The quantitative estimate of drug-likeness (QED) is 0.794. The van der Waals surface area contributed by atoms with Crippen LogP contribution in [-0.2, 0) is 6.54 Å². The molecule has 0 radical (unpaired) electrons. The smallest absolute Gasteiger partial charge is 0.382 e. The molecule has 0 aromatic carbocycles. The fourth-order valence-corrected chi connectivity index (χ4v) is 1.45. The van der Waals surface area contributed by atoms with Gasteiger partial charge in [-0.1, -0.05) is 11.8 Å². The molecule has 1 aromatic heterocycles. The maximum Gasteiger partial charge on any atom is 0.416 e. The van der Waals surface area contributed by atoms with Gasteiger partial charge in [0, 0.05) is 12.4 Å². The van der Waals surface area contributed by atoms with Gasteiger partial charge >= 0.3 is 6.18 Å². The molecular weight excluding hydrogens is 217 g/mol. The van der Waals surface area contributed by atoms with E-state index in [9.17, 15) is 13.2 Å². The summed E-state index contributed by atoms with van der Waals surface area (Å²) in [5.74, 6) is 0. The van der Waals surface area contributed by atoms with Gasteiger partial charge in [0.05, 0.1) is 6.54 Å². The lowest BCUT2D eigenvalue weighted by Gasteiger charge is -2.15. The van der Waals surface area contributed by atoms with Crippen molar-refractivity contribution in [1.29, 1.82) is 0 Å². The third kappa shape index (κ3) is 2.65. The molecule has 3 nitrogen and oxygen atoms in total. The Labute approximate surface area is 82.9 Å². The average molecular weight is 226 g/mol. The van der Waals surface area contributed by atoms with Crippen molar-refractivity contribution in [1.82, 2.24) is 9.55 Å². The largest absolute Gasteiger partial charge is 0.416 e. The number of rotatable bonds is 3. The fourth-order valence-electron chi connectivity index (χ4n) is 0.914. The number of imidazole rings is 1. The molecule has 0 aliphatic heterocycles. The standard InChI is InChI=1S/C7H9F3N2OS/c1-14-6-11-2-3-12(6)4-5(13)7(8,9)10/h2-3,5,13H,4H2,1H3/t5-/m1/s1. The van der Waals surface area contributed by atoms with Crippen LogP contribution in [0.15, 0.2) is 17.6 Å². The van der Waals surface area contributed by atoms with E-state index in [1.54, 1.807) is 6.26 Å². The van der Waals surface area contributed by atoms with Gasteiger partial charge in [0.1, 0.15) is 0 Å². The van der Waals surface area contributed by atoms with Gasteiger partial charge in [-0.15, -0.1) is 0 Å². The van der Waals surface area contributed by atoms with Crippen LogP contribution in [0.1, 0.15) is 0 Å². The van der Waals surface area contributed by atoms with Gasteiger partial charge in [-0.05, 0) is 6.26 Å². The molecule has 0 fully saturated rings. The first kappa shape index (κ1) is 11.4. The van der Waals surface area contributed by atoms with Gasteiger partial charge in [0.15, 0.2) is 11.3 Å². The third-order valence-corrected chi connectivity index (χ3v) is 2.31. The molecule has 0 aliphatic carbocycles. The number of halogens is 3. The summed E-state index contributed by atoms with van der Waals surface area (Å²) in [7, 11) is 0. The number of aromatic nitrogens is 2. The van der Waals surface area contributed by atoms with E-state index < -0.39 is 18.8 Å². The highest BCUT2D eigenvalue weighted by Crippen LogP contribution is 2.22. The Morgan fingerprint density at radius 2 is 2.29 bits per heavy atom. The summed E-state index contributed by atoms with van der Waals surface area (Å²) in [6.45, 7) is -0.514. The Balaban J connectivity index is 2.69. The second kappa shape index (κ2) is 4.22. The second-order valence-electron chi connectivity index (χ2n) is 2.62. The lowest BCUT2D eigenvalue weighted by molar-refractivity contribution is -0.207. The number of alkyl halides is 3. The summed E-state index contributed by atoms with van der Waals surface area (Å²) in [5.41, 5.74) is 0. The van der Waals surface area contributed by atoms with Crippen LogP contribution in [0.25, 0.3) is 0 Å². The monoisotopic (exact) mass is 226 g/mol. The minimum Gasteiger partial charge on any atom is -0.382 e. The molecule has 1 heterocycles. The fraction of sp³-hybridized carbons (Fsp3) is 0.571. The molecule has 7 heteroatoms. The van der Waals surface area contributed by atoms with Crippen LogP contribution < -0.4 is 0 Å². The van der Waals surface area contributed by atoms with Crippen molar-refractivity contribution in [3.8, 4) is 0 Å². The van der Waals surface area contributed by atoms with Crippen LogP contribution in [0.5, 0.6) is 0 Å². The summed E-state index contributed by atoms with van der Waals surface area (Å²) < 4.78 is 37.2. The number of hydrogen-bond acceptors (Lipinski definition) is 3. The Morgan fingerprint density at radius 3 is 2.79 bits per heavy atom. The van der Waals surface area contributed by atoms with Crippen LogP contribution in [0.4, 0.5) is 13.2 Å². The molecule has 1 aromatic rings. The first-order valence-electron chi connectivity index (χ1n) is 3.75. The molecule has 1 atom stereocenters. The molecule has 1 N–H and O–H groups in total. The molecule has 0 saturated carbocycles. The van der Waals surface area contributed by atoms with Crippen LogP contribution in [0.2, 0.25) is 0 Å². The Kier molecular flexibility index (Phi) is 3.43. The van der Waals surface area contributed by atoms with E-state index in [1.807, 2.05) is 0 Å². The zero-order chi connectivity index (χ0) is 10.8. The molecule has 0 aliphatic rings. The summed E-state index contributed by atoms with van der Waals surface area (Å²) in [5, 5.41) is 9.25. The van der Waals surface area contributed by atoms with Crippen LogP contribution in [-0.4, -0.2) is 33.2 Å². The molecule has 0 bridgehead atoms. The third-order valence-electron chi connectivity index (χ3n) is 1.61. The van der Waals surface area contributed by atoms with E-state index in [2.05, 4.69) is 4.98 Å². The molecule has 80 valence electrons. The van der Waals surface area contributed by atoms with Crippen molar-refractivity contribution in [3.63, 3.8) is 0 Å². The van der Waals surface area contributed by atoms with Crippen molar-refractivity contribution in [2.45, 2.75) is 24.0 Å². The van der Waals surface area contributed by atoms with E-state index in [0.29, 0.717) is 5.16 Å². The van der Waals surface area contributed by atoms with Gasteiger partial charge in [0.2, 0.25) is 0 Å². The van der Waals surface area contributed by atoms with E-state index in [1.165, 1.54) is 28.7 Å². The predicted octanol–water partition coefficient (Wildman–Crippen LogP) is 1.53. The van der Waals surface area contributed by atoms with Gasteiger partial charge in [-0.2, -0.15) is 13.2 Å². The number of hydrogen-bond donors (Lipinski definition) is 1. The van der Waals surface area contributed by atoms with Crippen molar-refractivity contribution >= 4 is 11.8 Å².